The van der Waals surface area contributed by atoms with E-state index in [-0.39, 0.29) is 0 Å². The summed E-state index contributed by atoms with van der Waals surface area (Å²) in [5.74, 6) is 0.670. The summed E-state index contributed by atoms with van der Waals surface area (Å²) in [7, 11) is 0. The Morgan fingerprint density at radius 3 is 3.25 bits per heavy atom. The Morgan fingerprint density at radius 1 is 1.75 bits per heavy atom. The summed E-state index contributed by atoms with van der Waals surface area (Å²) in [6.07, 6.45) is 2.49. The fourth-order valence-electron chi connectivity index (χ4n) is 1.46. The average Bonchev–Trinajstić information content (AvgIpc) is 2.63. The Hall–Kier alpha value is -0.940. The molecular weight excluding hydrogens is 156 g/mol. The molecule has 1 saturated heterocycles. The van der Waals surface area contributed by atoms with Gasteiger partial charge in [0.1, 0.15) is 0 Å². The maximum absolute atomic E-state index is 5.75. The molecule has 1 aliphatic rings. The molecule has 1 fully saturated rings. The second-order valence-electron chi connectivity index (χ2n) is 3.12. The van der Waals surface area contributed by atoms with E-state index in [0.717, 1.165) is 26.1 Å². The highest BCUT2D eigenvalue weighted by Crippen LogP contribution is 2.09. The van der Waals surface area contributed by atoms with E-state index in [9.17, 15) is 0 Å². The van der Waals surface area contributed by atoms with Gasteiger partial charge in [0.15, 0.2) is 6.33 Å². The minimum Gasteiger partial charge on any atom is -0.338 e. The van der Waals surface area contributed by atoms with Crippen molar-refractivity contribution < 1.29 is 4.52 Å². The number of rotatable bonds is 2. The van der Waals surface area contributed by atoms with Crippen LogP contribution in [0.15, 0.2) is 10.9 Å². The fourth-order valence-corrected chi connectivity index (χ4v) is 1.46. The molecule has 0 radical (unpaired) electrons. The quantitative estimate of drug-likeness (QED) is 0.651. The van der Waals surface area contributed by atoms with Gasteiger partial charge in [0, 0.05) is 19.1 Å². The van der Waals surface area contributed by atoms with Crippen LogP contribution in [0.4, 0.5) is 0 Å². The van der Waals surface area contributed by atoms with E-state index >= 15 is 0 Å². The first-order valence-electron chi connectivity index (χ1n) is 4.08. The molecule has 66 valence electrons. The average molecular weight is 168 g/mol. The molecule has 2 rings (SSSR count). The van der Waals surface area contributed by atoms with Crippen molar-refractivity contribution in [3.8, 4) is 0 Å². The summed E-state index contributed by atoms with van der Waals surface area (Å²) >= 11 is 0. The van der Waals surface area contributed by atoms with Gasteiger partial charge in [0.25, 0.3) is 0 Å². The molecule has 0 aromatic carbocycles. The fraction of sp³-hybridized carbons (Fsp3) is 0.714. The first kappa shape index (κ1) is 7.70. The van der Waals surface area contributed by atoms with Gasteiger partial charge < -0.3 is 10.3 Å². The molecule has 0 amide bonds. The topological polar surface area (TPSA) is 68.2 Å². The molecule has 1 aromatic heterocycles. The first-order valence-corrected chi connectivity index (χ1v) is 4.08. The predicted molar refractivity (Wildman–Crippen MR) is 42.2 cm³/mol. The van der Waals surface area contributed by atoms with E-state index in [0.29, 0.717) is 11.9 Å². The SMILES string of the molecule is N[C@@H]1CCN(Cc2ncno2)C1. The molecule has 0 bridgehead atoms. The van der Waals surface area contributed by atoms with Crippen molar-refractivity contribution in [3.63, 3.8) is 0 Å². The maximum Gasteiger partial charge on any atom is 0.240 e. The number of aromatic nitrogens is 2. The maximum atomic E-state index is 5.75. The summed E-state index contributed by atoms with van der Waals surface area (Å²) in [6, 6.07) is 0.313. The van der Waals surface area contributed by atoms with Gasteiger partial charge in [-0.1, -0.05) is 5.16 Å². The predicted octanol–water partition coefficient (Wildman–Crippen LogP) is -0.397. The van der Waals surface area contributed by atoms with Crippen molar-refractivity contribution in [1.82, 2.24) is 15.0 Å². The van der Waals surface area contributed by atoms with Crippen LogP contribution in [-0.2, 0) is 6.54 Å². The molecule has 2 heterocycles. The van der Waals surface area contributed by atoms with Crippen LogP contribution in [0.2, 0.25) is 0 Å². The standard InChI is InChI=1S/C7H12N4O/c8-6-1-2-11(3-6)4-7-9-5-10-12-7/h5-6H,1-4,8H2/t6-/m1/s1. The number of nitrogens with two attached hydrogens (primary N) is 1. The molecule has 1 aliphatic heterocycles. The summed E-state index contributed by atoms with van der Waals surface area (Å²) in [5, 5.41) is 3.54. The lowest BCUT2D eigenvalue weighted by Gasteiger charge is -2.10. The highest BCUT2D eigenvalue weighted by atomic mass is 16.5. The Morgan fingerprint density at radius 2 is 2.67 bits per heavy atom. The van der Waals surface area contributed by atoms with Gasteiger partial charge in [-0.3, -0.25) is 4.90 Å². The zero-order valence-electron chi connectivity index (χ0n) is 6.81. The van der Waals surface area contributed by atoms with Crippen molar-refractivity contribution in [2.75, 3.05) is 13.1 Å². The van der Waals surface area contributed by atoms with Crippen molar-refractivity contribution in [1.29, 1.82) is 0 Å². The van der Waals surface area contributed by atoms with Crippen LogP contribution in [0.5, 0.6) is 0 Å². The molecule has 0 spiro atoms. The van der Waals surface area contributed by atoms with Gasteiger partial charge >= 0.3 is 0 Å². The first-order chi connectivity index (χ1) is 5.84. The molecule has 2 N–H and O–H groups in total. The molecule has 0 unspecified atom stereocenters. The number of hydrogen-bond donors (Lipinski definition) is 1. The normalized spacial score (nSPS) is 24.9. The smallest absolute Gasteiger partial charge is 0.240 e. The van der Waals surface area contributed by atoms with E-state index in [2.05, 4.69) is 15.0 Å². The van der Waals surface area contributed by atoms with Gasteiger partial charge in [-0.25, -0.2) is 0 Å². The van der Waals surface area contributed by atoms with Gasteiger partial charge in [-0.15, -0.1) is 0 Å². The van der Waals surface area contributed by atoms with Crippen LogP contribution >= 0.6 is 0 Å². The largest absolute Gasteiger partial charge is 0.338 e. The van der Waals surface area contributed by atoms with E-state index < -0.39 is 0 Å². The van der Waals surface area contributed by atoms with E-state index in [1.165, 1.54) is 6.33 Å². The van der Waals surface area contributed by atoms with Crippen molar-refractivity contribution in [3.05, 3.63) is 12.2 Å². The van der Waals surface area contributed by atoms with Crippen molar-refractivity contribution in [2.24, 2.45) is 5.73 Å². The van der Waals surface area contributed by atoms with Crippen LogP contribution in [0.25, 0.3) is 0 Å². The van der Waals surface area contributed by atoms with E-state index in [4.69, 9.17) is 10.3 Å². The van der Waals surface area contributed by atoms with Crippen LogP contribution in [0, 0.1) is 0 Å². The lowest BCUT2D eigenvalue weighted by molar-refractivity contribution is 0.265. The zero-order valence-corrected chi connectivity index (χ0v) is 6.81. The molecule has 0 aliphatic carbocycles. The number of nitrogens with zero attached hydrogens (tertiary/aromatic N) is 3. The third-order valence-corrected chi connectivity index (χ3v) is 2.07. The summed E-state index contributed by atoms with van der Waals surface area (Å²) in [6.45, 7) is 2.69. The third-order valence-electron chi connectivity index (χ3n) is 2.07. The van der Waals surface area contributed by atoms with Crippen LogP contribution in [-0.4, -0.2) is 34.2 Å². The highest BCUT2D eigenvalue weighted by Gasteiger charge is 2.20. The lowest BCUT2D eigenvalue weighted by Crippen LogP contribution is -2.26. The van der Waals surface area contributed by atoms with Crippen molar-refractivity contribution in [2.45, 2.75) is 19.0 Å². The minimum atomic E-state index is 0.313. The second-order valence-corrected chi connectivity index (χ2v) is 3.12. The zero-order chi connectivity index (χ0) is 8.39. The molecule has 1 atom stereocenters. The Balaban J connectivity index is 1.88. The molecule has 12 heavy (non-hydrogen) atoms. The van der Waals surface area contributed by atoms with Crippen LogP contribution in [0.3, 0.4) is 0 Å². The number of hydrogen-bond acceptors (Lipinski definition) is 5. The second kappa shape index (κ2) is 3.20. The Labute approximate surface area is 70.5 Å². The number of likely N-dealkylation sites (tertiary alicyclic amines) is 1. The van der Waals surface area contributed by atoms with Gasteiger partial charge in [0.2, 0.25) is 5.89 Å². The van der Waals surface area contributed by atoms with Gasteiger partial charge in [-0.05, 0) is 6.42 Å². The molecule has 0 saturated carbocycles. The molecule has 5 heteroatoms. The highest BCUT2D eigenvalue weighted by molar-refractivity contribution is 4.82. The molecule has 5 nitrogen and oxygen atoms in total. The molecular formula is C7H12N4O. The summed E-state index contributed by atoms with van der Waals surface area (Å²) in [4.78, 5) is 6.16. The summed E-state index contributed by atoms with van der Waals surface area (Å²) in [5.41, 5.74) is 5.75. The molecule has 1 aromatic rings. The Kier molecular flexibility index (Phi) is 2.05. The van der Waals surface area contributed by atoms with E-state index in [1.807, 2.05) is 0 Å². The van der Waals surface area contributed by atoms with Crippen molar-refractivity contribution >= 4 is 0 Å². The van der Waals surface area contributed by atoms with Crippen LogP contribution < -0.4 is 5.73 Å². The van der Waals surface area contributed by atoms with Crippen LogP contribution in [0.1, 0.15) is 12.3 Å². The Bertz CT molecular complexity index is 236. The lowest BCUT2D eigenvalue weighted by atomic mass is 10.3. The minimum absolute atomic E-state index is 0.313. The summed E-state index contributed by atoms with van der Waals surface area (Å²) < 4.78 is 4.89. The third kappa shape index (κ3) is 1.62. The van der Waals surface area contributed by atoms with Gasteiger partial charge in [0.05, 0.1) is 6.54 Å². The van der Waals surface area contributed by atoms with E-state index in [1.54, 1.807) is 0 Å². The van der Waals surface area contributed by atoms with Gasteiger partial charge in [-0.2, -0.15) is 4.98 Å². The monoisotopic (exact) mass is 168 g/mol.